The summed E-state index contributed by atoms with van der Waals surface area (Å²) in [6.45, 7) is 3.59. The SMILES string of the molecule is CSCCN1CC2CCC(O)C2C1. The quantitative estimate of drug-likeness (QED) is 0.738. The van der Waals surface area contributed by atoms with E-state index >= 15 is 0 Å². The van der Waals surface area contributed by atoms with Gasteiger partial charge >= 0.3 is 0 Å². The fourth-order valence-corrected chi connectivity index (χ4v) is 3.17. The number of hydrogen-bond acceptors (Lipinski definition) is 3. The third kappa shape index (κ3) is 2.03. The van der Waals surface area contributed by atoms with Gasteiger partial charge in [0.25, 0.3) is 0 Å². The largest absolute Gasteiger partial charge is 0.393 e. The van der Waals surface area contributed by atoms with Gasteiger partial charge in [0.2, 0.25) is 0 Å². The number of hydrogen-bond donors (Lipinski definition) is 1. The molecule has 1 saturated heterocycles. The Labute approximate surface area is 84.7 Å². The molecule has 1 aliphatic heterocycles. The highest BCUT2D eigenvalue weighted by molar-refractivity contribution is 7.98. The van der Waals surface area contributed by atoms with Crippen molar-refractivity contribution in [2.24, 2.45) is 11.8 Å². The molecular formula is C10H19NOS. The maximum Gasteiger partial charge on any atom is 0.0583 e. The van der Waals surface area contributed by atoms with E-state index in [1.165, 1.54) is 25.3 Å². The van der Waals surface area contributed by atoms with Crippen LogP contribution in [0.15, 0.2) is 0 Å². The normalized spacial score (nSPS) is 39.7. The van der Waals surface area contributed by atoms with E-state index in [0.717, 1.165) is 18.9 Å². The second-order valence-electron chi connectivity index (χ2n) is 4.32. The minimum Gasteiger partial charge on any atom is -0.393 e. The second kappa shape index (κ2) is 4.20. The van der Waals surface area contributed by atoms with E-state index in [2.05, 4.69) is 11.2 Å². The van der Waals surface area contributed by atoms with Gasteiger partial charge in [-0.3, -0.25) is 0 Å². The zero-order valence-corrected chi connectivity index (χ0v) is 9.09. The number of thioether (sulfide) groups is 1. The topological polar surface area (TPSA) is 23.5 Å². The number of rotatable bonds is 3. The highest BCUT2D eigenvalue weighted by Gasteiger charge is 2.41. The Morgan fingerprint density at radius 3 is 2.92 bits per heavy atom. The van der Waals surface area contributed by atoms with Crippen molar-refractivity contribution in [3.63, 3.8) is 0 Å². The Kier molecular flexibility index (Phi) is 3.17. The number of nitrogens with zero attached hydrogens (tertiary/aromatic N) is 1. The molecule has 3 atom stereocenters. The second-order valence-corrected chi connectivity index (χ2v) is 5.31. The first-order valence-electron chi connectivity index (χ1n) is 5.20. The summed E-state index contributed by atoms with van der Waals surface area (Å²) in [4.78, 5) is 2.52. The summed E-state index contributed by atoms with van der Waals surface area (Å²) >= 11 is 1.91. The summed E-state index contributed by atoms with van der Waals surface area (Å²) in [5.74, 6) is 2.63. The molecule has 2 fully saturated rings. The van der Waals surface area contributed by atoms with Gasteiger partial charge < -0.3 is 10.0 Å². The van der Waals surface area contributed by atoms with E-state index in [9.17, 15) is 5.11 Å². The monoisotopic (exact) mass is 201 g/mol. The smallest absolute Gasteiger partial charge is 0.0583 e. The average molecular weight is 201 g/mol. The van der Waals surface area contributed by atoms with Crippen molar-refractivity contribution in [2.45, 2.75) is 18.9 Å². The zero-order chi connectivity index (χ0) is 9.26. The van der Waals surface area contributed by atoms with Gasteiger partial charge in [0.15, 0.2) is 0 Å². The Hall–Kier alpha value is 0.270. The van der Waals surface area contributed by atoms with Crippen molar-refractivity contribution >= 4 is 11.8 Å². The molecule has 1 heterocycles. The van der Waals surface area contributed by atoms with E-state index in [0.29, 0.717) is 5.92 Å². The lowest BCUT2D eigenvalue weighted by Crippen LogP contribution is -2.26. The van der Waals surface area contributed by atoms with Crippen LogP contribution in [0, 0.1) is 11.8 Å². The van der Waals surface area contributed by atoms with E-state index in [1.807, 2.05) is 11.8 Å². The van der Waals surface area contributed by atoms with Crippen molar-refractivity contribution in [2.75, 3.05) is 31.6 Å². The Morgan fingerprint density at radius 2 is 2.23 bits per heavy atom. The molecule has 1 aliphatic carbocycles. The average Bonchev–Trinajstić information content (AvgIpc) is 2.65. The van der Waals surface area contributed by atoms with E-state index in [1.54, 1.807) is 0 Å². The lowest BCUT2D eigenvalue weighted by molar-refractivity contribution is 0.125. The molecule has 0 bridgehead atoms. The molecule has 0 amide bonds. The van der Waals surface area contributed by atoms with Crippen LogP contribution in [0.2, 0.25) is 0 Å². The molecule has 1 N–H and O–H groups in total. The molecule has 2 rings (SSSR count). The molecule has 0 aromatic heterocycles. The van der Waals surface area contributed by atoms with Gasteiger partial charge in [-0.05, 0) is 25.0 Å². The highest BCUT2D eigenvalue weighted by atomic mass is 32.2. The molecular weight excluding hydrogens is 182 g/mol. The molecule has 76 valence electrons. The van der Waals surface area contributed by atoms with Crippen LogP contribution in [0.4, 0.5) is 0 Å². The van der Waals surface area contributed by atoms with Gasteiger partial charge in [-0.1, -0.05) is 0 Å². The minimum atomic E-state index is 0.00396. The Bertz CT molecular complexity index is 176. The van der Waals surface area contributed by atoms with Crippen LogP contribution >= 0.6 is 11.8 Å². The van der Waals surface area contributed by atoms with Gasteiger partial charge in [0.05, 0.1) is 6.10 Å². The zero-order valence-electron chi connectivity index (χ0n) is 8.28. The molecule has 3 unspecified atom stereocenters. The molecule has 0 spiro atoms. The molecule has 3 heteroatoms. The summed E-state index contributed by atoms with van der Waals surface area (Å²) in [7, 11) is 0. The molecule has 2 nitrogen and oxygen atoms in total. The summed E-state index contributed by atoms with van der Waals surface area (Å²) in [6.07, 6.45) is 4.46. The first-order chi connectivity index (χ1) is 6.31. The molecule has 0 radical (unpaired) electrons. The Morgan fingerprint density at radius 1 is 1.38 bits per heavy atom. The fourth-order valence-electron chi connectivity index (χ4n) is 2.73. The van der Waals surface area contributed by atoms with Gasteiger partial charge in [-0.25, -0.2) is 0 Å². The third-order valence-corrected chi connectivity index (χ3v) is 4.10. The number of likely N-dealkylation sites (tertiary alicyclic amines) is 1. The number of aliphatic hydroxyl groups is 1. The van der Waals surface area contributed by atoms with Gasteiger partial charge in [0, 0.05) is 31.3 Å². The predicted octanol–water partition coefficient (Wildman–Crippen LogP) is 1.05. The first-order valence-corrected chi connectivity index (χ1v) is 6.60. The van der Waals surface area contributed by atoms with Crippen molar-refractivity contribution in [3.8, 4) is 0 Å². The van der Waals surface area contributed by atoms with Crippen LogP contribution in [0.3, 0.4) is 0 Å². The lowest BCUT2D eigenvalue weighted by atomic mass is 10.00. The van der Waals surface area contributed by atoms with Gasteiger partial charge in [-0.2, -0.15) is 11.8 Å². The van der Waals surface area contributed by atoms with Crippen molar-refractivity contribution in [1.82, 2.24) is 4.90 Å². The molecule has 0 aromatic carbocycles. The summed E-state index contributed by atoms with van der Waals surface area (Å²) in [6, 6.07) is 0. The van der Waals surface area contributed by atoms with Crippen LogP contribution in [0.25, 0.3) is 0 Å². The minimum absolute atomic E-state index is 0.00396. The standard InChI is InChI=1S/C10H19NOS/c1-13-5-4-11-6-8-2-3-10(12)9(8)7-11/h8-10,12H,2-7H2,1H3. The summed E-state index contributed by atoms with van der Waals surface area (Å²) < 4.78 is 0. The maximum absolute atomic E-state index is 9.71. The molecule has 0 aromatic rings. The molecule has 13 heavy (non-hydrogen) atoms. The molecule has 1 saturated carbocycles. The van der Waals surface area contributed by atoms with E-state index < -0.39 is 0 Å². The van der Waals surface area contributed by atoms with Crippen LogP contribution in [-0.4, -0.2) is 47.8 Å². The third-order valence-electron chi connectivity index (χ3n) is 3.51. The van der Waals surface area contributed by atoms with Crippen LogP contribution < -0.4 is 0 Å². The van der Waals surface area contributed by atoms with E-state index in [4.69, 9.17) is 0 Å². The maximum atomic E-state index is 9.71. The van der Waals surface area contributed by atoms with Crippen LogP contribution in [0.1, 0.15) is 12.8 Å². The molecule has 2 aliphatic rings. The first kappa shape index (κ1) is 9.81. The lowest BCUT2D eigenvalue weighted by Gasteiger charge is -2.16. The fraction of sp³-hybridized carbons (Fsp3) is 1.00. The van der Waals surface area contributed by atoms with Gasteiger partial charge in [-0.15, -0.1) is 0 Å². The van der Waals surface area contributed by atoms with E-state index in [-0.39, 0.29) is 6.10 Å². The predicted molar refractivity (Wildman–Crippen MR) is 57.0 cm³/mol. The van der Waals surface area contributed by atoms with Crippen molar-refractivity contribution in [3.05, 3.63) is 0 Å². The van der Waals surface area contributed by atoms with Crippen molar-refractivity contribution < 1.29 is 5.11 Å². The number of aliphatic hydroxyl groups excluding tert-OH is 1. The van der Waals surface area contributed by atoms with Crippen molar-refractivity contribution in [1.29, 1.82) is 0 Å². The number of fused-ring (bicyclic) bond motifs is 1. The van der Waals surface area contributed by atoms with Crippen LogP contribution in [0.5, 0.6) is 0 Å². The van der Waals surface area contributed by atoms with Crippen LogP contribution in [-0.2, 0) is 0 Å². The van der Waals surface area contributed by atoms with Gasteiger partial charge in [0.1, 0.15) is 0 Å². The summed E-state index contributed by atoms with van der Waals surface area (Å²) in [5, 5.41) is 9.71. The Balaban J connectivity index is 1.81. The summed E-state index contributed by atoms with van der Waals surface area (Å²) in [5.41, 5.74) is 0. The highest BCUT2D eigenvalue weighted by Crippen LogP contribution is 2.37.